The first-order valence-electron chi connectivity index (χ1n) is 18.6. The second-order valence-corrected chi connectivity index (χ2v) is 14.0. The van der Waals surface area contributed by atoms with Crippen LogP contribution in [0.15, 0.2) is 205 Å². The molecule has 0 bridgehead atoms. The Bertz CT molecular complexity index is 3130. The predicted octanol–water partition coefficient (Wildman–Crippen LogP) is 13.5. The normalized spacial score (nSPS) is 11.6. The van der Waals surface area contributed by atoms with Crippen molar-refractivity contribution in [3.05, 3.63) is 201 Å². The van der Waals surface area contributed by atoms with Gasteiger partial charge in [-0.1, -0.05) is 127 Å². The van der Waals surface area contributed by atoms with Gasteiger partial charge in [-0.2, -0.15) is 0 Å². The van der Waals surface area contributed by atoms with Gasteiger partial charge in [-0.3, -0.25) is 0 Å². The van der Waals surface area contributed by atoms with E-state index in [0.717, 1.165) is 67.2 Å². The Kier molecular flexibility index (Phi) is 7.14. The van der Waals surface area contributed by atoms with Crippen LogP contribution in [0.25, 0.3) is 99.8 Å². The van der Waals surface area contributed by atoms with Gasteiger partial charge < -0.3 is 13.6 Å². The Labute approximate surface area is 317 Å². The molecule has 0 aliphatic heterocycles. The molecular formula is C51H33N3O. The maximum absolute atomic E-state index is 6.00. The highest BCUT2D eigenvalue weighted by atomic mass is 16.3. The van der Waals surface area contributed by atoms with Crippen LogP contribution in [-0.2, 0) is 0 Å². The van der Waals surface area contributed by atoms with Crippen LogP contribution in [0.2, 0.25) is 0 Å². The number of nitrogens with zero attached hydrogens (tertiary/aromatic N) is 3. The van der Waals surface area contributed by atoms with Gasteiger partial charge >= 0.3 is 0 Å². The maximum atomic E-state index is 6.00. The smallest absolute Gasteiger partial charge is 0.0987 e. The maximum Gasteiger partial charge on any atom is 0.0987 e. The summed E-state index contributed by atoms with van der Waals surface area (Å²) >= 11 is 0. The van der Waals surface area contributed by atoms with Gasteiger partial charge in [-0.05, 0) is 71.8 Å². The zero-order valence-electron chi connectivity index (χ0n) is 29.8. The van der Waals surface area contributed by atoms with Crippen LogP contribution in [0.1, 0.15) is 0 Å². The van der Waals surface area contributed by atoms with E-state index in [4.69, 9.17) is 9.40 Å². The van der Waals surface area contributed by atoms with Crippen molar-refractivity contribution in [2.45, 2.75) is 0 Å². The third kappa shape index (κ3) is 5.11. The van der Waals surface area contributed by atoms with Crippen LogP contribution in [0.5, 0.6) is 0 Å². The van der Waals surface area contributed by atoms with E-state index in [1.807, 2.05) is 24.7 Å². The topological polar surface area (TPSA) is 35.9 Å². The highest BCUT2D eigenvalue weighted by molar-refractivity contribution is 6.12. The van der Waals surface area contributed by atoms with Gasteiger partial charge in [-0.15, -0.1) is 0 Å². The van der Waals surface area contributed by atoms with E-state index in [1.54, 1.807) is 0 Å². The predicted molar refractivity (Wildman–Crippen MR) is 227 cm³/mol. The molecule has 0 spiro atoms. The van der Waals surface area contributed by atoms with Crippen LogP contribution >= 0.6 is 0 Å². The third-order valence-electron chi connectivity index (χ3n) is 10.9. The van der Waals surface area contributed by atoms with Crippen molar-refractivity contribution >= 4 is 43.6 Å². The van der Waals surface area contributed by atoms with Crippen LogP contribution in [-0.4, -0.2) is 14.1 Å². The summed E-state index contributed by atoms with van der Waals surface area (Å²) in [5.41, 5.74) is 15.3. The average molecular weight is 704 g/mol. The molecule has 0 amide bonds. The minimum atomic E-state index is 0.936. The van der Waals surface area contributed by atoms with Gasteiger partial charge in [-0.25, -0.2) is 4.98 Å². The van der Waals surface area contributed by atoms with E-state index < -0.39 is 0 Å². The molecule has 258 valence electrons. The fraction of sp³-hybridized carbons (Fsp3) is 0. The van der Waals surface area contributed by atoms with Crippen molar-refractivity contribution in [2.75, 3.05) is 0 Å². The number of fused-ring (bicyclic) bond motifs is 6. The summed E-state index contributed by atoms with van der Waals surface area (Å²) in [4.78, 5) is 5.16. The summed E-state index contributed by atoms with van der Waals surface area (Å²) in [6, 6.07) is 66.8. The van der Waals surface area contributed by atoms with Gasteiger partial charge in [0.2, 0.25) is 0 Å². The van der Waals surface area contributed by atoms with E-state index in [2.05, 4.69) is 185 Å². The van der Waals surface area contributed by atoms with Crippen molar-refractivity contribution in [1.29, 1.82) is 0 Å². The molecule has 11 rings (SSSR count). The van der Waals surface area contributed by atoms with Crippen molar-refractivity contribution in [2.24, 2.45) is 0 Å². The van der Waals surface area contributed by atoms with Crippen molar-refractivity contribution < 1.29 is 4.42 Å². The first kappa shape index (κ1) is 31.1. The molecule has 11 aromatic rings. The van der Waals surface area contributed by atoms with Gasteiger partial charge in [0.15, 0.2) is 0 Å². The fourth-order valence-corrected chi connectivity index (χ4v) is 8.32. The summed E-state index contributed by atoms with van der Waals surface area (Å²) in [7, 11) is 0. The molecule has 0 fully saturated rings. The van der Waals surface area contributed by atoms with Crippen molar-refractivity contribution in [1.82, 2.24) is 14.1 Å². The van der Waals surface area contributed by atoms with E-state index in [-0.39, 0.29) is 0 Å². The Balaban J connectivity index is 1.07. The van der Waals surface area contributed by atoms with Gasteiger partial charge in [0.25, 0.3) is 0 Å². The Morgan fingerprint density at radius 3 is 1.25 bits per heavy atom. The number of hydrogen-bond donors (Lipinski definition) is 0. The molecule has 0 aliphatic rings. The van der Waals surface area contributed by atoms with Crippen molar-refractivity contribution in [3.63, 3.8) is 0 Å². The number of benzene rings is 7. The molecule has 4 heterocycles. The lowest BCUT2D eigenvalue weighted by molar-refractivity contribution is 0.569. The zero-order chi connectivity index (χ0) is 36.3. The van der Waals surface area contributed by atoms with Crippen LogP contribution in [0.4, 0.5) is 0 Å². The lowest BCUT2D eigenvalue weighted by atomic mass is 9.96. The lowest BCUT2D eigenvalue weighted by Crippen LogP contribution is -1.98. The number of pyridine rings is 1. The van der Waals surface area contributed by atoms with Crippen LogP contribution in [0, 0.1) is 0 Å². The van der Waals surface area contributed by atoms with Crippen molar-refractivity contribution in [3.8, 4) is 56.1 Å². The monoisotopic (exact) mass is 703 g/mol. The molecule has 4 aromatic heterocycles. The fourth-order valence-electron chi connectivity index (χ4n) is 8.32. The summed E-state index contributed by atoms with van der Waals surface area (Å²) in [5.74, 6) is 0. The summed E-state index contributed by atoms with van der Waals surface area (Å²) in [6.07, 6.45) is 3.77. The first-order chi connectivity index (χ1) is 27.3. The number of rotatable bonds is 6. The Hall–Kier alpha value is -7.43. The van der Waals surface area contributed by atoms with Gasteiger partial charge in [0.05, 0.1) is 51.7 Å². The highest BCUT2D eigenvalue weighted by Crippen LogP contribution is 2.41. The quantitative estimate of drug-likeness (QED) is 0.173. The first-order valence-corrected chi connectivity index (χ1v) is 18.6. The average Bonchev–Trinajstić information content (AvgIpc) is 3.97. The molecule has 0 atom stereocenters. The highest BCUT2D eigenvalue weighted by Gasteiger charge is 2.19. The molecule has 7 aromatic carbocycles. The molecule has 0 unspecified atom stereocenters. The SMILES string of the molecule is c1ccc(-c2cc(-n3c4ccccc4c4cc(-c5cocc5-c5ccc6c(c5)c5ccccc5n6-c5ccccc5)ccc43)cc(-c3ccccc3)n2)cc1. The number of para-hydroxylation sites is 3. The molecular weight excluding hydrogens is 671 g/mol. The minimum Gasteiger partial charge on any atom is -0.471 e. The van der Waals surface area contributed by atoms with E-state index in [9.17, 15) is 0 Å². The van der Waals surface area contributed by atoms with Gasteiger partial charge in [0, 0.05) is 49.5 Å². The number of furan rings is 1. The van der Waals surface area contributed by atoms with E-state index in [1.165, 1.54) is 32.6 Å². The molecule has 4 heteroatoms. The second-order valence-electron chi connectivity index (χ2n) is 14.0. The van der Waals surface area contributed by atoms with Crippen LogP contribution in [0.3, 0.4) is 0 Å². The summed E-state index contributed by atoms with van der Waals surface area (Å²) < 4.78 is 10.7. The molecule has 4 nitrogen and oxygen atoms in total. The lowest BCUT2D eigenvalue weighted by Gasteiger charge is -2.13. The summed E-state index contributed by atoms with van der Waals surface area (Å²) in [6.45, 7) is 0. The Morgan fingerprint density at radius 2 is 0.745 bits per heavy atom. The second kappa shape index (κ2) is 12.6. The zero-order valence-corrected chi connectivity index (χ0v) is 29.8. The molecule has 0 saturated heterocycles. The summed E-state index contributed by atoms with van der Waals surface area (Å²) in [5, 5.41) is 4.81. The van der Waals surface area contributed by atoms with Gasteiger partial charge in [0.1, 0.15) is 0 Å². The third-order valence-corrected chi connectivity index (χ3v) is 10.9. The molecule has 0 aliphatic carbocycles. The minimum absolute atomic E-state index is 0.936. The van der Waals surface area contributed by atoms with Crippen LogP contribution < -0.4 is 0 Å². The van der Waals surface area contributed by atoms with E-state index >= 15 is 0 Å². The largest absolute Gasteiger partial charge is 0.471 e. The number of aromatic nitrogens is 3. The molecule has 55 heavy (non-hydrogen) atoms. The standard InChI is InChI=1S/C51H33N3O/c1-4-14-34(15-5-1)46-30-39(31-47(52-46)35-16-6-2-7-17-35)54-49-23-13-11-21-41(49)43-29-37(25-27-51(43)54)45-33-55-32-44(45)36-24-26-50-42(28-36)40-20-10-12-22-48(40)53(50)38-18-8-3-9-19-38/h1-33H. The molecule has 0 N–H and O–H groups in total. The van der Waals surface area contributed by atoms with E-state index in [0.29, 0.717) is 0 Å². The number of hydrogen-bond acceptors (Lipinski definition) is 2. The molecule has 0 saturated carbocycles. The Morgan fingerprint density at radius 1 is 0.327 bits per heavy atom. The molecule has 0 radical (unpaired) electrons.